The van der Waals surface area contributed by atoms with E-state index in [1.807, 2.05) is 29.1 Å². The molecule has 3 aromatic rings. The molecule has 0 radical (unpaired) electrons. The molecule has 2 aromatic carbocycles. The van der Waals surface area contributed by atoms with Crippen molar-refractivity contribution in [2.24, 2.45) is 0 Å². The average molecular weight is 370 g/mol. The zero-order valence-electron chi connectivity index (χ0n) is 14.7. The van der Waals surface area contributed by atoms with Gasteiger partial charge in [-0.25, -0.2) is 0 Å². The van der Waals surface area contributed by atoms with Gasteiger partial charge in [-0.1, -0.05) is 53.7 Å². The van der Waals surface area contributed by atoms with Gasteiger partial charge in [0.2, 0.25) is 0 Å². The molecule has 0 N–H and O–H groups in total. The number of piperazine rings is 1. The third kappa shape index (κ3) is 4.42. The summed E-state index contributed by atoms with van der Waals surface area (Å²) in [5.74, 6) is 0. The molecule has 0 atom stereocenters. The first-order valence-corrected chi connectivity index (χ1v) is 8.86. The summed E-state index contributed by atoms with van der Waals surface area (Å²) in [6, 6.07) is 20.9. The highest BCUT2D eigenvalue weighted by Crippen LogP contribution is 2.16. The van der Waals surface area contributed by atoms with E-state index in [2.05, 4.69) is 62.6 Å². The number of halogens is 1. The van der Waals surface area contributed by atoms with Crippen LogP contribution in [0.5, 0.6) is 0 Å². The maximum atomic E-state index is 4.29. The molecule has 6 heteroatoms. The highest BCUT2D eigenvalue weighted by molar-refractivity contribution is 5.85. The first kappa shape index (κ1) is 18.4. The quantitative estimate of drug-likeness (QED) is 0.692. The number of hydrogen-bond acceptors (Lipinski definition) is 4. The van der Waals surface area contributed by atoms with Gasteiger partial charge < -0.3 is 4.90 Å². The molecule has 1 saturated heterocycles. The summed E-state index contributed by atoms with van der Waals surface area (Å²) in [5, 5.41) is 8.56. The van der Waals surface area contributed by atoms with Crippen molar-refractivity contribution < 1.29 is 0 Å². The third-order valence-electron chi connectivity index (χ3n) is 4.75. The highest BCUT2D eigenvalue weighted by Gasteiger charge is 2.17. The van der Waals surface area contributed by atoms with E-state index in [4.69, 9.17) is 0 Å². The van der Waals surface area contributed by atoms with E-state index < -0.39 is 0 Å². The van der Waals surface area contributed by atoms with Crippen LogP contribution in [0.15, 0.2) is 66.9 Å². The first-order chi connectivity index (χ1) is 12.4. The van der Waals surface area contributed by atoms with Gasteiger partial charge >= 0.3 is 0 Å². The van der Waals surface area contributed by atoms with E-state index in [0.29, 0.717) is 0 Å². The molecule has 0 amide bonds. The lowest BCUT2D eigenvalue weighted by molar-refractivity contribution is 0.244. The smallest absolute Gasteiger partial charge is 0.113 e. The summed E-state index contributed by atoms with van der Waals surface area (Å²) in [7, 11) is 0. The summed E-state index contributed by atoms with van der Waals surface area (Å²) in [6.45, 7) is 6.24. The summed E-state index contributed by atoms with van der Waals surface area (Å²) < 4.78 is 1.95. The monoisotopic (exact) mass is 369 g/mol. The Hall–Kier alpha value is -2.37. The highest BCUT2D eigenvalue weighted by atomic mass is 35.5. The Morgan fingerprint density at radius 2 is 1.42 bits per heavy atom. The van der Waals surface area contributed by atoms with E-state index >= 15 is 0 Å². The summed E-state index contributed by atoms with van der Waals surface area (Å²) in [6.07, 6.45) is 2.04. The van der Waals surface area contributed by atoms with Crippen LogP contribution in [0.1, 0.15) is 0 Å². The number of aromatic nitrogens is 3. The Kier molecular flexibility index (Phi) is 6.26. The lowest BCUT2D eigenvalue weighted by Crippen LogP contribution is -2.47. The van der Waals surface area contributed by atoms with E-state index in [1.54, 1.807) is 0 Å². The van der Waals surface area contributed by atoms with Crippen molar-refractivity contribution in [1.29, 1.82) is 0 Å². The van der Waals surface area contributed by atoms with Gasteiger partial charge in [-0.3, -0.25) is 9.58 Å². The van der Waals surface area contributed by atoms with Gasteiger partial charge in [-0.15, -0.1) is 17.5 Å². The van der Waals surface area contributed by atoms with Crippen molar-refractivity contribution in [1.82, 2.24) is 19.9 Å². The van der Waals surface area contributed by atoms with E-state index in [9.17, 15) is 0 Å². The molecule has 0 unspecified atom stereocenters. The maximum absolute atomic E-state index is 4.29. The van der Waals surface area contributed by atoms with Crippen LogP contribution >= 0.6 is 12.4 Å². The minimum absolute atomic E-state index is 0. The Bertz CT molecular complexity index is 782. The van der Waals surface area contributed by atoms with Gasteiger partial charge in [0.05, 0.1) is 12.7 Å². The van der Waals surface area contributed by atoms with Crippen LogP contribution in [0.4, 0.5) is 5.69 Å². The number of benzene rings is 2. The topological polar surface area (TPSA) is 37.2 Å². The number of para-hydroxylation sites is 1. The summed E-state index contributed by atoms with van der Waals surface area (Å²) in [4.78, 5) is 4.96. The molecule has 1 fully saturated rings. The van der Waals surface area contributed by atoms with Crippen LogP contribution in [0, 0.1) is 0 Å². The van der Waals surface area contributed by atoms with Crippen molar-refractivity contribution in [2.45, 2.75) is 6.54 Å². The molecular weight excluding hydrogens is 346 g/mol. The Balaban J connectivity index is 0.00000196. The molecule has 26 heavy (non-hydrogen) atoms. The number of anilines is 1. The van der Waals surface area contributed by atoms with E-state index in [-0.39, 0.29) is 12.4 Å². The number of nitrogens with zero attached hydrogens (tertiary/aromatic N) is 5. The normalized spacial score (nSPS) is 14.8. The Labute approximate surface area is 160 Å². The average Bonchev–Trinajstić information content (AvgIpc) is 3.17. The largest absolute Gasteiger partial charge is 0.369 e. The van der Waals surface area contributed by atoms with Crippen molar-refractivity contribution in [3.8, 4) is 11.3 Å². The van der Waals surface area contributed by atoms with Crippen LogP contribution in [0.3, 0.4) is 0 Å². The molecule has 0 saturated carbocycles. The molecule has 4 rings (SSSR count). The minimum atomic E-state index is 0. The molecular formula is C20H24ClN5. The predicted molar refractivity (Wildman–Crippen MR) is 108 cm³/mol. The molecule has 1 aliphatic rings. The van der Waals surface area contributed by atoms with Crippen molar-refractivity contribution >= 4 is 18.1 Å². The predicted octanol–water partition coefficient (Wildman–Crippen LogP) is 3.19. The first-order valence-electron chi connectivity index (χ1n) is 8.86. The third-order valence-corrected chi connectivity index (χ3v) is 4.75. The molecule has 1 aromatic heterocycles. The van der Waals surface area contributed by atoms with E-state index in [1.165, 1.54) is 5.69 Å². The van der Waals surface area contributed by atoms with Crippen LogP contribution in [0.25, 0.3) is 11.3 Å². The molecule has 5 nitrogen and oxygen atoms in total. The second-order valence-corrected chi connectivity index (χ2v) is 6.40. The van der Waals surface area contributed by atoms with Crippen LogP contribution < -0.4 is 4.90 Å². The van der Waals surface area contributed by atoms with Crippen LogP contribution in [0.2, 0.25) is 0 Å². The van der Waals surface area contributed by atoms with Gasteiger partial charge in [0, 0.05) is 44.0 Å². The Morgan fingerprint density at radius 3 is 2.12 bits per heavy atom. The lowest BCUT2D eigenvalue weighted by Gasteiger charge is -2.36. The molecule has 0 bridgehead atoms. The number of hydrogen-bond donors (Lipinski definition) is 0. The second-order valence-electron chi connectivity index (χ2n) is 6.40. The van der Waals surface area contributed by atoms with E-state index in [0.717, 1.165) is 50.5 Å². The molecule has 2 heterocycles. The van der Waals surface area contributed by atoms with Gasteiger partial charge in [0.1, 0.15) is 5.69 Å². The molecule has 0 spiro atoms. The minimum Gasteiger partial charge on any atom is -0.369 e. The molecule has 1 aliphatic heterocycles. The zero-order valence-corrected chi connectivity index (χ0v) is 15.6. The van der Waals surface area contributed by atoms with Gasteiger partial charge in [-0.05, 0) is 12.1 Å². The van der Waals surface area contributed by atoms with Crippen molar-refractivity contribution in [3.05, 3.63) is 66.9 Å². The summed E-state index contributed by atoms with van der Waals surface area (Å²) >= 11 is 0. The fourth-order valence-corrected chi connectivity index (χ4v) is 3.26. The standard InChI is InChI=1S/C20H23N5.ClH/c1-3-7-18(8-4-1)20-17-25(22-21-20)16-13-23-11-14-24(15-12-23)19-9-5-2-6-10-19;/h1-10,17H,11-16H2;1H. The van der Waals surface area contributed by atoms with Crippen LogP contribution in [-0.2, 0) is 6.54 Å². The Morgan fingerprint density at radius 1 is 0.769 bits per heavy atom. The SMILES string of the molecule is Cl.c1ccc(-c2cn(CCN3CCN(c4ccccc4)CC3)nn2)cc1. The lowest BCUT2D eigenvalue weighted by atomic mass is 10.2. The van der Waals surface area contributed by atoms with Crippen molar-refractivity contribution in [2.75, 3.05) is 37.6 Å². The molecule has 136 valence electrons. The zero-order chi connectivity index (χ0) is 16.9. The molecule has 0 aliphatic carbocycles. The fourth-order valence-electron chi connectivity index (χ4n) is 3.26. The second kappa shape index (κ2) is 8.83. The number of rotatable bonds is 5. The van der Waals surface area contributed by atoms with Crippen molar-refractivity contribution in [3.63, 3.8) is 0 Å². The van der Waals surface area contributed by atoms with Crippen LogP contribution in [-0.4, -0.2) is 52.6 Å². The maximum Gasteiger partial charge on any atom is 0.113 e. The van der Waals surface area contributed by atoms with Gasteiger partial charge in [-0.2, -0.15) is 0 Å². The fraction of sp³-hybridized carbons (Fsp3) is 0.300. The van der Waals surface area contributed by atoms with Gasteiger partial charge in [0.15, 0.2) is 0 Å². The summed E-state index contributed by atoms with van der Waals surface area (Å²) in [5.41, 5.74) is 3.38. The van der Waals surface area contributed by atoms with Gasteiger partial charge in [0.25, 0.3) is 0 Å².